The molecule has 0 aliphatic rings. The van der Waals surface area contributed by atoms with E-state index < -0.39 is 5.82 Å². The number of ether oxygens (including phenoxy) is 1. The van der Waals surface area contributed by atoms with Gasteiger partial charge in [-0.05, 0) is 31.0 Å². The van der Waals surface area contributed by atoms with Crippen LogP contribution in [0, 0.1) is 12.7 Å². The van der Waals surface area contributed by atoms with E-state index in [1.807, 2.05) is 6.92 Å². The summed E-state index contributed by atoms with van der Waals surface area (Å²) in [7, 11) is 1.41. The fraction of sp³-hybridized carbons (Fsp3) is 0.364. The molecule has 1 rings (SSSR count). The molecule has 0 aliphatic heterocycles. The maximum atomic E-state index is 13.5. The highest BCUT2D eigenvalue weighted by atomic mass is 19.1. The summed E-state index contributed by atoms with van der Waals surface area (Å²) in [5.41, 5.74) is 1.29. The second-order valence-corrected chi connectivity index (χ2v) is 3.32. The average Bonchev–Trinajstić information content (AvgIpc) is 2.09. The van der Waals surface area contributed by atoms with Gasteiger partial charge in [-0.1, -0.05) is 6.07 Å². The minimum absolute atomic E-state index is 0.0587. The van der Waals surface area contributed by atoms with Crippen LogP contribution in [0.15, 0.2) is 12.1 Å². The Hall–Kier alpha value is -1.38. The molecule has 0 fully saturated rings. The van der Waals surface area contributed by atoms with E-state index in [4.69, 9.17) is 4.74 Å². The number of hydrogen-bond acceptors (Lipinski definition) is 2. The van der Waals surface area contributed by atoms with Crippen LogP contribution >= 0.6 is 0 Å². The second-order valence-electron chi connectivity index (χ2n) is 3.32. The van der Waals surface area contributed by atoms with E-state index in [9.17, 15) is 9.18 Å². The number of carbonyl (C=O) groups excluding carboxylic acids is 1. The first kappa shape index (κ1) is 10.7. The highest BCUT2D eigenvalue weighted by molar-refractivity contribution is 5.78. The van der Waals surface area contributed by atoms with Crippen molar-refractivity contribution >= 4 is 5.78 Å². The zero-order chi connectivity index (χ0) is 10.7. The third kappa shape index (κ3) is 2.31. The Kier molecular flexibility index (Phi) is 3.23. The Labute approximate surface area is 82.7 Å². The summed E-state index contributed by atoms with van der Waals surface area (Å²) in [5.74, 6) is -0.300. The molecule has 0 saturated carbocycles. The van der Waals surface area contributed by atoms with Crippen molar-refractivity contribution in [2.45, 2.75) is 20.3 Å². The molecule has 0 spiro atoms. The van der Waals surface area contributed by atoms with E-state index in [-0.39, 0.29) is 18.0 Å². The second kappa shape index (κ2) is 4.22. The predicted octanol–water partition coefficient (Wildman–Crippen LogP) is 2.27. The van der Waals surface area contributed by atoms with Gasteiger partial charge < -0.3 is 4.74 Å². The summed E-state index contributed by atoms with van der Waals surface area (Å²) in [6, 6.07) is 3.28. The van der Waals surface area contributed by atoms with E-state index >= 15 is 0 Å². The number of methoxy groups -OCH3 is 1. The molecular weight excluding hydrogens is 183 g/mol. The molecule has 1 aromatic carbocycles. The van der Waals surface area contributed by atoms with Crippen molar-refractivity contribution in [2.24, 2.45) is 0 Å². The minimum atomic E-state index is -0.437. The number of Topliss-reactive ketones (excluding diaryl/α,β-unsaturated/α-hetero) is 1. The average molecular weight is 196 g/mol. The van der Waals surface area contributed by atoms with E-state index in [1.165, 1.54) is 14.0 Å². The van der Waals surface area contributed by atoms with Gasteiger partial charge in [-0.2, -0.15) is 0 Å². The van der Waals surface area contributed by atoms with Crippen molar-refractivity contribution in [3.05, 3.63) is 29.1 Å². The predicted molar refractivity (Wildman–Crippen MR) is 52.1 cm³/mol. The highest BCUT2D eigenvalue weighted by Gasteiger charge is 2.11. The number of ketones is 1. The number of rotatable bonds is 3. The molecule has 1 aromatic rings. The Morgan fingerprint density at radius 3 is 2.64 bits per heavy atom. The lowest BCUT2D eigenvalue weighted by atomic mass is 10.1. The number of carbonyl (C=O) groups is 1. The third-order valence-corrected chi connectivity index (χ3v) is 1.92. The van der Waals surface area contributed by atoms with Gasteiger partial charge in [0.1, 0.15) is 5.78 Å². The van der Waals surface area contributed by atoms with Crippen LogP contribution < -0.4 is 4.74 Å². The topological polar surface area (TPSA) is 26.3 Å². The van der Waals surface area contributed by atoms with Crippen LogP contribution in [-0.4, -0.2) is 12.9 Å². The Morgan fingerprint density at radius 2 is 2.14 bits per heavy atom. The smallest absolute Gasteiger partial charge is 0.168 e. The molecule has 0 heterocycles. The van der Waals surface area contributed by atoms with E-state index in [2.05, 4.69) is 0 Å². The number of benzene rings is 1. The molecule has 76 valence electrons. The van der Waals surface area contributed by atoms with Crippen molar-refractivity contribution in [1.29, 1.82) is 0 Å². The van der Waals surface area contributed by atoms with Gasteiger partial charge in [-0.15, -0.1) is 0 Å². The zero-order valence-electron chi connectivity index (χ0n) is 8.56. The van der Waals surface area contributed by atoms with E-state index in [1.54, 1.807) is 12.1 Å². The molecule has 0 amide bonds. The van der Waals surface area contributed by atoms with Crippen LogP contribution in [0.1, 0.15) is 18.1 Å². The zero-order valence-corrected chi connectivity index (χ0v) is 8.56. The first-order chi connectivity index (χ1) is 6.54. The van der Waals surface area contributed by atoms with Crippen molar-refractivity contribution < 1.29 is 13.9 Å². The number of hydrogen-bond donors (Lipinski definition) is 0. The normalized spacial score (nSPS) is 10.0. The van der Waals surface area contributed by atoms with Crippen molar-refractivity contribution in [3.63, 3.8) is 0 Å². The molecule has 0 aliphatic carbocycles. The summed E-state index contributed by atoms with van der Waals surface area (Å²) in [4.78, 5) is 10.9. The van der Waals surface area contributed by atoms with Crippen molar-refractivity contribution in [1.82, 2.24) is 0 Å². The molecule has 0 unspecified atom stereocenters. The molecule has 0 saturated heterocycles. The van der Waals surface area contributed by atoms with Gasteiger partial charge in [0, 0.05) is 6.42 Å². The van der Waals surface area contributed by atoms with Gasteiger partial charge >= 0.3 is 0 Å². The maximum Gasteiger partial charge on any atom is 0.168 e. The molecule has 0 aromatic heterocycles. The van der Waals surface area contributed by atoms with Crippen LogP contribution in [0.2, 0.25) is 0 Å². The Balaban J connectivity index is 3.15. The van der Waals surface area contributed by atoms with Gasteiger partial charge in [0.25, 0.3) is 0 Å². The Morgan fingerprint density at radius 1 is 1.50 bits per heavy atom. The van der Waals surface area contributed by atoms with Gasteiger partial charge in [0.05, 0.1) is 7.11 Å². The molecule has 0 radical (unpaired) electrons. The highest BCUT2D eigenvalue weighted by Crippen LogP contribution is 2.22. The largest absolute Gasteiger partial charge is 0.494 e. The number of aryl methyl sites for hydroxylation is 1. The van der Waals surface area contributed by atoms with Gasteiger partial charge in [-0.25, -0.2) is 4.39 Å². The molecule has 14 heavy (non-hydrogen) atoms. The van der Waals surface area contributed by atoms with E-state index in [0.717, 1.165) is 5.56 Å². The van der Waals surface area contributed by atoms with Crippen LogP contribution in [0.5, 0.6) is 5.75 Å². The van der Waals surface area contributed by atoms with Gasteiger partial charge in [0.15, 0.2) is 11.6 Å². The standard InChI is InChI=1S/C11H13FO2/c1-7-4-9(6-8(2)13)11(12)10(5-7)14-3/h4-5H,6H2,1-3H3. The summed E-state index contributed by atoms with van der Waals surface area (Å²) in [6.45, 7) is 3.28. The third-order valence-electron chi connectivity index (χ3n) is 1.92. The minimum Gasteiger partial charge on any atom is -0.494 e. The SMILES string of the molecule is COc1cc(C)cc(CC(C)=O)c1F. The van der Waals surface area contributed by atoms with E-state index in [0.29, 0.717) is 5.56 Å². The lowest BCUT2D eigenvalue weighted by molar-refractivity contribution is -0.116. The molecule has 2 nitrogen and oxygen atoms in total. The van der Waals surface area contributed by atoms with Crippen molar-refractivity contribution in [2.75, 3.05) is 7.11 Å². The lowest BCUT2D eigenvalue weighted by Gasteiger charge is -2.07. The fourth-order valence-electron chi connectivity index (χ4n) is 1.35. The summed E-state index contributed by atoms with van der Waals surface area (Å²) in [6.07, 6.45) is 0.115. The molecular formula is C11H13FO2. The van der Waals surface area contributed by atoms with Crippen LogP contribution in [0.25, 0.3) is 0 Å². The molecule has 3 heteroatoms. The fourth-order valence-corrected chi connectivity index (χ4v) is 1.35. The molecule has 0 N–H and O–H groups in total. The summed E-state index contributed by atoms with van der Waals surface area (Å²) < 4.78 is 18.4. The van der Waals surface area contributed by atoms with Crippen LogP contribution in [0.3, 0.4) is 0 Å². The summed E-state index contributed by atoms with van der Waals surface area (Å²) in [5, 5.41) is 0. The van der Waals surface area contributed by atoms with Gasteiger partial charge in [-0.3, -0.25) is 4.79 Å². The monoisotopic (exact) mass is 196 g/mol. The van der Waals surface area contributed by atoms with Crippen molar-refractivity contribution in [3.8, 4) is 5.75 Å². The molecule has 0 atom stereocenters. The number of halogens is 1. The molecule has 0 bridgehead atoms. The quantitative estimate of drug-likeness (QED) is 0.741. The lowest BCUT2D eigenvalue weighted by Crippen LogP contribution is -2.02. The van der Waals surface area contributed by atoms with Gasteiger partial charge in [0.2, 0.25) is 0 Å². The van der Waals surface area contributed by atoms with Crippen LogP contribution in [0.4, 0.5) is 4.39 Å². The first-order valence-corrected chi connectivity index (χ1v) is 4.37. The first-order valence-electron chi connectivity index (χ1n) is 4.37. The summed E-state index contributed by atoms with van der Waals surface area (Å²) >= 11 is 0. The van der Waals surface area contributed by atoms with Crippen LogP contribution in [-0.2, 0) is 11.2 Å². The maximum absolute atomic E-state index is 13.5. The Bertz CT molecular complexity index is 359.